The van der Waals surface area contributed by atoms with Gasteiger partial charge in [-0.25, -0.2) is 0 Å². The van der Waals surface area contributed by atoms with Gasteiger partial charge >= 0.3 is 0 Å². The molecule has 122 valence electrons. The fraction of sp³-hybridized carbons (Fsp3) is 0.588. The molecule has 1 saturated heterocycles. The molecular formula is C17H26N2O3. The lowest BCUT2D eigenvalue weighted by Gasteiger charge is -2.26. The van der Waals surface area contributed by atoms with E-state index in [0.29, 0.717) is 32.7 Å². The zero-order chi connectivity index (χ0) is 15.8. The van der Waals surface area contributed by atoms with Crippen molar-refractivity contribution >= 4 is 5.91 Å². The normalized spacial score (nSPS) is 18.6. The Balaban J connectivity index is 1.83. The van der Waals surface area contributed by atoms with Crippen LogP contribution in [0.3, 0.4) is 0 Å². The van der Waals surface area contributed by atoms with E-state index < -0.39 is 0 Å². The second kappa shape index (κ2) is 8.88. The predicted octanol–water partition coefficient (Wildman–Crippen LogP) is 0.990. The minimum absolute atomic E-state index is 0.0356. The van der Waals surface area contributed by atoms with Gasteiger partial charge in [0.1, 0.15) is 0 Å². The van der Waals surface area contributed by atoms with E-state index in [-0.39, 0.29) is 17.9 Å². The Labute approximate surface area is 132 Å². The number of aliphatic hydroxyl groups is 1. The number of amides is 1. The van der Waals surface area contributed by atoms with Gasteiger partial charge < -0.3 is 15.2 Å². The first kappa shape index (κ1) is 16.9. The Hall–Kier alpha value is -1.43. The van der Waals surface area contributed by atoms with Crippen LogP contribution in [0.4, 0.5) is 0 Å². The van der Waals surface area contributed by atoms with E-state index in [1.165, 1.54) is 0 Å². The lowest BCUT2D eigenvalue weighted by Crippen LogP contribution is -2.44. The molecule has 1 fully saturated rings. The number of morpholine rings is 1. The van der Waals surface area contributed by atoms with Crippen molar-refractivity contribution < 1.29 is 14.6 Å². The van der Waals surface area contributed by atoms with Crippen LogP contribution in [0, 0.1) is 0 Å². The largest absolute Gasteiger partial charge is 0.393 e. The third kappa shape index (κ3) is 5.75. The third-order valence-corrected chi connectivity index (χ3v) is 3.91. The number of carbonyl (C=O) groups excluding carboxylic acids is 1. The molecule has 0 radical (unpaired) electrons. The molecule has 22 heavy (non-hydrogen) atoms. The SMILES string of the molecule is CC(O)CC(CNC(=O)CN1CCOCC1)c1ccccc1. The summed E-state index contributed by atoms with van der Waals surface area (Å²) >= 11 is 0. The molecular weight excluding hydrogens is 280 g/mol. The van der Waals surface area contributed by atoms with E-state index in [4.69, 9.17) is 4.74 Å². The number of rotatable bonds is 7. The van der Waals surface area contributed by atoms with Gasteiger partial charge in [0.05, 0.1) is 25.9 Å². The Kier molecular flexibility index (Phi) is 6.83. The molecule has 0 aliphatic carbocycles. The number of hydrogen-bond donors (Lipinski definition) is 2. The van der Waals surface area contributed by atoms with Crippen LogP contribution >= 0.6 is 0 Å². The number of ether oxygens (including phenoxy) is 1. The van der Waals surface area contributed by atoms with E-state index in [1.807, 2.05) is 30.3 Å². The van der Waals surface area contributed by atoms with Gasteiger partial charge in [-0.05, 0) is 18.9 Å². The topological polar surface area (TPSA) is 61.8 Å². The molecule has 1 aliphatic rings. The van der Waals surface area contributed by atoms with E-state index in [2.05, 4.69) is 10.2 Å². The van der Waals surface area contributed by atoms with Crippen LogP contribution < -0.4 is 5.32 Å². The van der Waals surface area contributed by atoms with Crippen LogP contribution in [0.5, 0.6) is 0 Å². The van der Waals surface area contributed by atoms with Crippen molar-refractivity contribution in [2.75, 3.05) is 39.4 Å². The van der Waals surface area contributed by atoms with Crippen molar-refractivity contribution in [1.29, 1.82) is 0 Å². The van der Waals surface area contributed by atoms with Crippen LogP contribution in [0.25, 0.3) is 0 Å². The van der Waals surface area contributed by atoms with E-state index in [9.17, 15) is 9.90 Å². The zero-order valence-corrected chi connectivity index (χ0v) is 13.2. The quantitative estimate of drug-likeness (QED) is 0.789. The van der Waals surface area contributed by atoms with Gasteiger partial charge in [0.25, 0.3) is 0 Å². The highest BCUT2D eigenvalue weighted by atomic mass is 16.5. The molecule has 0 aromatic heterocycles. The van der Waals surface area contributed by atoms with Crippen molar-refractivity contribution in [3.63, 3.8) is 0 Å². The summed E-state index contributed by atoms with van der Waals surface area (Å²) in [5.41, 5.74) is 1.15. The molecule has 1 amide bonds. The maximum atomic E-state index is 12.1. The monoisotopic (exact) mass is 306 g/mol. The highest BCUT2D eigenvalue weighted by Crippen LogP contribution is 2.20. The summed E-state index contributed by atoms with van der Waals surface area (Å²) in [7, 11) is 0. The fourth-order valence-corrected chi connectivity index (χ4v) is 2.73. The van der Waals surface area contributed by atoms with Crippen molar-refractivity contribution in [3.05, 3.63) is 35.9 Å². The van der Waals surface area contributed by atoms with Crippen LogP contribution in [0.15, 0.2) is 30.3 Å². The van der Waals surface area contributed by atoms with Crippen LogP contribution in [-0.4, -0.2) is 61.4 Å². The summed E-state index contributed by atoms with van der Waals surface area (Å²) in [6.45, 7) is 5.76. The zero-order valence-electron chi connectivity index (χ0n) is 13.2. The number of carbonyl (C=O) groups is 1. The van der Waals surface area contributed by atoms with Gasteiger partial charge in [-0.1, -0.05) is 30.3 Å². The van der Waals surface area contributed by atoms with Crippen LogP contribution in [0.2, 0.25) is 0 Å². The van der Waals surface area contributed by atoms with Gasteiger partial charge in [0.2, 0.25) is 5.91 Å². The number of nitrogens with zero attached hydrogens (tertiary/aromatic N) is 1. The molecule has 0 bridgehead atoms. The van der Waals surface area contributed by atoms with Gasteiger partial charge in [0, 0.05) is 25.6 Å². The second-order valence-electron chi connectivity index (χ2n) is 5.88. The minimum atomic E-state index is -0.388. The molecule has 5 heteroatoms. The molecule has 2 unspecified atom stereocenters. The molecule has 1 aliphatic heterocycles. The number of nitrogens with one attached hydrogen (secondary N) is 1. The van der Waals surface area contributed by atoms with Gasteiger partial charge in [-0.15, -0.1) is 0 Å². The summed E-state index contributed by atoms with van der Waals surface area (Å²) in [6.07, 6.45) is 0.253. The molecule has 1 aromatic carbocycles. The molecule has 5 nitrogen and oxygen atoms in total. The number of hydrogen-bond acceptors (Lipinski definition) is 4. The summed E-state index contributed by atoms with van der Waals surface area (Å²) in [6, 6.07) is 10.0. The summed E-state index contributed by atoms with van der Waals surface area (Å²) < 4.78 is 5.28. The lowest BCUT2D eigenvalue weighted by atomic mass is 9.93. The second-order valence-corrected chi connectivity index (χ2v) is 5.88. The highest BCUT2D eigenvalue weighted by molar-refractivity contribution is 5.78. The molecule has 2 N–H and O–H groups in total. The average molecular weight is 306 g/mol. The Morgan fingerprint density at radius 1 is 1.32 bits per heavy atom. The summed E-state index contributed by atoms with van der Waals surface area (Å²) in [5, 5.41) is 12.7. The standard InChI is InChI=1S/C17H26N2O3/c1-14(20)11-16(15-5-3-2-4-6-15)12-18-17(21)13-19-7-9-22-10-8-19/h2-6,14,16,20H,7-13H2,1H3,(H,18,21). The maximum Gasteiger partial charge on any atom is 0.234 e. The van der Waals surface area contributed by atoms with Crippen LogP contribution in [-0.2, 0) is 9.53 Å². The van der Waals surface area contributed by atoms with Gasteiger partial charge in [-0.2, -0.15) is 0 Å². The Morgan fingerprint density at radius 2 is 2.00 bits per heavy atom. The van der Waals surface area contributed by atoms with Gasteiger partial charge in [0.15, 0.2) is 0 Å². The molecule has 2 atom stereocenters. The Morgan fingerprint density at radius 3 is 2.64 bits per heavy atom. The summed E-state index contributed by atoms with van der Waals surface area (Å²) in [4.78, 5) is 14.2. The fourth-order valence-electron chi connectivity index (χ4n) is 2.73. The van der Waals surface area contributed by atoms with Crippen molar-refractivity contribution in [1.82, 2.24) is 10.2 Å². The smallest absolute Gasteiger partial charge is 0.234 e. The third-order valence-electron chi connectivity index (χ3n) is 3.91. The van der Waals surface area contributed by atoms with Crippen molar-refractivity contribution in [2.24, 2.45) is 0 Å². The molecule has 1 aromatic rings. The van der Waals surface area contributed by atoms with E-state index >= 15 is 0 Å². The molecule has 1 heterocycles. The first-order valence-corrected chi connectivity index (χ1v) is 7.95. The predicted molar refractivity (Wildman–Crippen MR) is 85.7 cm³/mol. The number of benzene rings is 1. The maximum absolute atomic E-state index is 12.1. The molecule has 2 rings (SSSR count). The first-order chi connectivity index (χ1) is 10.6. The van der Waals surface area contributed by atoms with Crippen molar-refractivity contribution in [3.8, 4) is 0 Å². The highest BCUT2D eigenvalue weighted by Gasteiger charge is 2.17. The number of aliphatic hydroxyl groups excluding tert-OH is 1. The molecule has 0 spiro atoms. The van der Waals surface area contributed by atoms with Crippen LogP contribution in [0.1, 0.15) is 24.8 Å². The Bertz CT molecular complexity index is 444. The van der Waals surface area contributed by atoms with E-state index in [1.54, 1.807) is 6.92 Å². The van der Waals surface area contributed by atoms with Crippen molar-refractivity contribution in [2.45, 2.75) is 25.4 Å². The minimum Gasteiger partial charge on any atom is -0.393 e. The molecule has 0 saturated carbocycles. The average Bonchev–Trinajstić information content (AvgIpc) is 2.53. The van der Waals surface area contributed by atoms with Gasteiger partial charge in [-0.3, -0.25) is 9.69 Å². The lowest BCUT2D eigenvalue weighted by molar-refractivity contribution is -0.123. The summed E-state index contributed by atoms with van der Waals surface area (Å²) in [5.74, 6) is 0.170. The first-order valence-electron chi connectivity index (χ1n) is 7.95. The van der Waals surface area contributed by atoms with E-state index in [0.717, 1.165) is 18.7 Å².